The zero-order valence-electron chi connectivity index (χ0n) is 15.1. The molecule has 1 saturated carbocycles. The largest absolute Gasteiger partial charge is 0.481 e. The van der Waals surface area contributed by atoms with E-state index in [1.807, 2.05) is 13.0 Å². The first-order valence-corrected chi connectivity index (χ1v) is 9.43. The minimum absolute atomic E-state index is 0.304. The topological polar surface area (TPSA) is 86.2 Å². The molecule has 3 rings (SSSR count). The van der Waals surface area contributed by atoms with Gasteiger partial charge in [0.2, 0.25) is 5.88 Å². The molecule has 138 valence electrons. The second kappa shape index (κ2) is 8.35. The molecule has 0 aromatic carbocycles. The maximum absolute atomic E-state index is 12.2. The van der Waals surface area contributed by atoms with Gasteiger partial charge >= 0.3 is 5.97 Å². The summed E-state index contributed by atoms with van der Waals surface area (Å²) in [5, 5.41) is 4.48. The Morgan fingerprint density at radius 1 is 1.35 bits per heavy atom. The van der Waals surface area contributed by atoms with Crippen LogP contribution in [0.4, 0.5) is 5.82 Å². The number of rotatable bonds is 8. The second-order valence-electron chi connectivity index (χ2n) is 5.98. The molecule has 0 atom stereocenters. The molecule has 1 fully saturated rings. The quantitative estimate of drug-likeness (QED) is 0.557. The van der Waals surface area contributed by atoms with E-state index in [1.165, 1.54) is 19.0 Å². The van der Waals surface area contributed by atoms with Crippen LogP contribution < -0.4 is 10.1 Å². The number of esters is 1. The van der Waals surface area contributed by atoms with Crippen molar-refractivity contribution in [3.63, 3.8) is 0 Å². The Kier molecular flexibility index (Phi) is 5.92. The van der Waals surface area contributed by atoms with E-state index in [1.54, 1.807) is 32.0 Å². The zero-order chi connectivity index (χ0) is 18.5. The van der Waals surface area contributed by atoms with Crippen molar-refractivity contribution >= 4 is 23.5 Å². The van der Waals surface area contributed by atoms with Crippen molar-refractivity contribution < 1.29 is 14.3 Å². The number of ether oxygens (including phenoxy) is 2. The van der Waals surface area contributed by atoms with E-state index in [0.29, 0.717) is 40.8 Å². The van der Waals surface area contributed by atoms with Crippen molar-refractivity contribution in [3.8, 4) is 5.88 Å². The molecule has 1 N–H and O–H groups in total. The highest BCUT2D eigenvalue weighted by atomic mass is 32.2. The summed E-state index contributed by atoms with van der Waals surface area (Å²) in [6, 6.07) is 1.99. The summed E-state index contributed by atoms with van der Waals surface area (Å²) < 4.78 is 10.3. The molecule has 8 heteroatoms. The number of carbonyl (C=O) groups is 1. The Morgan fingerprint density at radius 2 is 2.15 bits per heavy atom. The first-order chi connectivity index (χ1) is 12.6. The van der Waals surface area contributed by atoms with Crippen LogP contribution in [0.2, 0.25) is 0 Å². The van der Waals surface area contributed by atoms with Gasteiger partial charge in [-0.3, -0.25) is 0 Å². The van der Waals surface area contributed by atoms with Gasteiger partial charge in [-0.2, -0.15) is 0 Å². The van der Waals surface area contributed by atoms with Gasteiger partial charge < -0.3 is 14.8 Å². The normalized spacial score (nSPS) is 13.3. The lowest BCUT2D eigenvalue weighted by atomic mass is 10.2. The molecule has 1 aliphatic rings. The highest BCUT2D eigenvalue weighted by Gasteiger charge is 2.25. The van der Waals surface area contributed by atoms with Gasteiger partial charge in [0, 0.05) is 29.8 Å². The molecule has 26 heavy (non-hydrogen) atoms. The van der Waals surface area contributed by atoms with Crippen LogP contribution in [0.3, 0.4) is 0 Å². The van der Waals surface area contributed by atoms with E-state index in [2.05, 4.69) is 20.3 Å². The Hall–Kier alpha value is -2.35. The third kappa shape index (κ3) is 4.63. The Morgan fingerprint density at radius 3 is 2.81 bits per heavy atom. The summed E-state index contributed by atoms with van der Waals surface area (Å²) in [6.07, 6.45) is 5.65. The molecule has 2 aromatic heterocycles. The van der Waals surface area contributed by atoms with Gasteiger partial charge in [-0.25, -0.2) is 19.7 Å². The summed E-state index contributed by atoms with van der Waals surface area (Å²) in [5.41, 5.74) is 2.25. The van der Waals surface area contributed by atoms with Crippen LogP contribution in [0.15, 0.2) is 23.6 Å². The molecule has 2 heterocycles. The molecule has 0 amide bonds. The number of aromatic nitrogens is 3. The molecule has 0 aliphatic heterocycles. The van der Waals surface area contributed by atoms with Crippen LogP contribution in [0.5, 0.6) is 5.88 Å². The number of thioether (sulfide) groups is 1. The van der Waals surface area contributed by atoms with E-state index in [4.69, 9.17) is 9.47 Å². The van der Waals surface area contributed by atoms with Gasteiger partial charge in [-0.05, 0) is 38.3 Å². The van der Waals surface area contributed by atoms with Crippen molar-refractivity contribution in [3.05, 3.63) is 35.2 Å². The van der Waals surface area contributed by atoms with E-state index < -0.39 is 5.97 Å². The first kappa shape index (κ1) is 18.4. The average Bonchev–Trinajstić information content (AvgIpc) is 3.44. The van der Waals surface area contributed by atoms with Gasteiger partial charge in [-0.15, -0.1) is 0 Å². The van der Waals surface area contributed by atoms with Gasteiger partial charge in [0.25, 0.3) is 0 Å². The third-order valence-electron chi connectivity index (χ3n) is 3.80. The van der Waals surface area contributed by atoms with Crippen molar-refractivity contribution in [1.82, 2.24) is 15.0 Å². The molecule has 0 spiro atoms. The van der Waals surface area contributed by atoms with Crippen LogP contribution in [-0.2, 0) is 11.3 Å². The van der Waals surface area contributed by atoms with E-state index >= 15 is 0 Å². The number of pyridine rings is 1. The van der Waals surface area contributed by atoms with Crippen molar-refractivity contribution in [2.75, 3.05) is 19.0 Å². The van der Waals surface area contributed by atoms with Crippen LogP contribution in [-0.4, -0.2) is 39.9 Å². The van der Waals surface area contributed by atoms with Gasteiger partial charge in [0.1, 0.15) is 11.4 Å². The highest BCUT2D eigenvalue weighted by molar-refractivity contribution is 8.00. The summed E-state index contributed by atoms with van der Waals surface area (Å²) in [7, 11) is 1.60. The fourth-order valence-corrected chi connectivity index (χ4v) is 3.29. The molecule has 0 unspecified atom stereocenters. The van der Waals surface area contributed by atoms with E-state index in [9.17, 15) is 4.79 Å². The molecular formula is C18H22N4O3S. The molecule has 0 saturated heterocycles. The van der Waals surface area contributed by atoms with Crippen molar-refractivity contribution in [2.24, 2.45) is 0 Å². The molecule has 0 radical (unpaired) electrons. The summed E-state index contributed by atoms with van der Waals surface area (Å²) >= 11 is 1.64. The number of anilines is 1. The highest BCUT2D eigenvalue weighted by Crippen LogP contribution is 2.38. The number of aryl methyl sites for hydroxylation is 1. The van der Waals surface area contributed by atoms with Crippen LogP contribution >= 0.6 is 11.8 Å². The number of methoxy groups -OCH3 is 1. The van der Waals surface area contributed by atoms with Gasteiger partial charge in [0.15, 0.2) is 5.16 Å². The van der Waals surface area contributed by atoms with Gasteiger partial charge in [-0.1, -0.05) is 11.8 Å². The van der Waals surface area contributed by atoms with Gasteiger partial charge in [0.05, 0.1) is 13.7 Å². The maximum atomic E-state index is 12.2. The Bertz CT molecular complexity index is 796. The summed E-state index contributed by atoms with van der Waals surface area (Å²) in [6.45, 7) is 4.50. The third-order valence-corrected chi connectivity index (χ3v) is 5.01. The number of carbonyl (C=O) groups excluding carboxylic acids is 1. The van der Waals surface area contributed by atoms with E-state index in [-0.39, 0.29) is 0 Å². The Balaban J connectivity index is 1.78. The molecule has 0 bridgehead atoms. The number of nitrogens with zero attached hydrogens (tertiary/aromatic N) is 3. The minimum atomic E-state index is -0.429. The lowest BCUT2D eigenvalue weighted by molar-refractivity contribution is 0.0526. The standard InChI is InChI=1S/C18H22N4O3S/c1-4-25-17(23)14-10-21-18(26-13-5-6-13)22-15(14)19-8-12-7-11(2)16(24-3)20-9-12/h7,9-10,13H,4-6,8H2,1-3H3,(H,19,21,22). The van der Waals surface area contributed by atoms with Crippen LogP contribution in [0, 0.1) is 6.92 Å². The van der Waals surface area contributed by atoms with Crippen molar-refractivity contribution in [1.29, 1.82) is 0 Å². The monoisotopic (exact) mass is 374 g/mol. The summed E-state index contributed by atoms with van der Waals surface area (Å²) in [5.74, 6) is 0.656. The van der Waals surface area contributed by atoms with E-state index in [0.717, 1.165) is 11.1 Å². The number of hydrogen-bond donors (Lipinski definition) is 1. The second-order valence-corrected chi connectivity index (χ2v) is 7.24. The first-order valence-electron chi connectivity index (χ1n) is 8.55. The minimum Gasteiger partial charge on any atom is -0.481 e. The zero-order valence-corrected chi connectivity index (χ0v) is 15.9. The number of hydrogen-bond acceptors (Lipinski definition) is 8. The Labute approximate surface area is 156 Å². The molecule has 1 aliphatic carbocycles. The predicted molar refractivity (Wildman–Crippen MR) is 99.7 cm³/mol. The molecular weight excluding hydrogens is 352 g/mol. The fourth-order valence-electron chi connectivity index (χ4n) is 2.37. The predicted octanol–water partition coefficient (Wildman–Crippen LogP) is 3.23. The molecule has 7 nitrogen and oxygen atoms in total. The lowest BCUT2D eigenvalue weighted by Gasteiger charge is -2.12. The smallest absolute Gasteiger partial charge is 0.343 e. The van der Waals surface area contributed by atoms with Crippen LogP contribution in [0.1, 0.15) is 41.3 Å². The number of nitrogens with one attached hydrogen (secondary N) is 1. The SMILES string of the molecule is CCOC(=O)c1cnc(SC2CC2)nc1NCc1cnc(OC)c(C)c1. The lowest BCUT2D eigenvalue weighted by Crippen LogP contribution is -2.13. The molecule has 2 aromatic rings. The maximum Gasteiger partial charge on any atom is 0.343 e. The summed E-state index contributed by atoms with van der Waals surface area (Å²) in [4.78, 5) is 25.3. The average molecular weight is 374 g/mol. The van der Waals surface area contributed by atoms with Crippen molar-refractivity contribution in [2.45, 2.75) is 43.6 Å². The van der Waals surface area contributed by atoms with Crippen LogP contribution in [0.25, 0.3) is 0 Å². The fraction of sp³-hybridized carbons (Fsp3) is 0.444.